The van der Waals surface area contributed by atoms with E-state index in [1.165, 1.54) is 37.6 Å². The maximum atomic E-state index is 12.0. The van der Waals surface area contributed by atoms with E-state index in [1.807, 2.05) is 0 Å². The number of para-hydroxylation sites is 1. The molecule has 0 saturated carbocycles. The molecule has 2 rings (SSSR count). The largest absolute Gasteiger partial charge is 0.492 e. The number of amides is 1. The van der Waals surface area contributed by atoms with E-state index >= 15 is 0 Å². The Balaban J connectivity index is 1.98. The topological polar surface area (TPSA) is 81.7 Å². The van der Waals surface area contributed by atoms with Gasteiger partial charge in [-0.3, -0.25) is 14.4 Å². The van der Waals surface area contributed by atoms with E-state index in [4.69, 9.17) is 9.47 Å². The van der Waals surface area contributed by atoms with Gasteiger partial charge in [-0.25, -0.2) is 0 Å². The van der Waals surface area contributed by atoms with Gasteiger partial charge in [-0.05, 0) is 18.6 Å². The fourth-order valence-corrected chi connectivity index (χ4v) is 3.84. The van der Waals surface area contributed by atoms with Crippen molar-refractivity contribution in [3.63, 3.8) is 0 Å². The fraction of sp³-hybridized carbons (Fsp3) is 0.400. The molecule has 1 saturated heterocycles. The number of esters is 1. The number of hydrogen-bond acceptors (Lipinski definition) is 7. The lowest BCUT2D eigenvalue weighted by Crippen LogP contribution is -2.38. The molecule has 0 aromatic heterocycles. The molecule has 1 fully saturated rings. The highest BCUT2D eigenvalue weighted by atomic mass is 32.2. The second kappa shape index (κ2) is 8.26. The zero-order chi connectivity index (χ0) is 16.8. The third kappa shape index (κ3) is 4.90. The van der Waals surface area contributed by atoms with Crippen molar-refractivity contribution in [3.05, 3.63) is 18.2 Å². The second-order valence-corrected chi connectivity index (χ2v) is 6.86. The molecule has 1 aliphatic rings. The molecule has 124 valence electrons. The number of thioether (sulfide) groups is 2. The second-order valence-electron chi connectivity index (χ2n) is 4.75. The summed E-state index contributed by atoms with van der Waals surface area (Å²) in [6.07, 6.45) is 0.672. The van der Waals surface area contributed by atoms with Crippen molar-refractivity contribution in [1.29, 1.82) is 0 Å². The van der Waals surface area contributed by atoms with Crippen LogP contribution in [0.3, 0.4) is 0 Å². The Bertz CT molecular complexity index is 620. The predicted molar refractivity (Wildman–Crippen MR) is 89.0 cm³/mol. The van der Waals surface area contributed by atoms with Crippen LogP contribution in [0.5, 0.6) is 11.5 Å². The zero-order valence-electron chi connectivity index (χ0n) is 12.8. The summed E-state index contributed by atoms with van der Waals surface area (Å²) in [5.74, 6) is 0.959. The Hall–Kier alpha value is -1.67. The Labute approximate surface area is 142 Å². The summed E-state index contributed by atoms with van der Waals surface area (Å²) in [6, 6.07) is 4.74. The summed E-state index contributed by atoms with van der Waals surface area (Å²) in [7, 11) is 1.47. The highest BCUT2D eigenvalue weighted by molar-refractivity contribution is 8.14. The maximum Gasteiger partial charge on any atom is 0.308 e. The van der Waals surface area contributed by atoms with E-state index in [-0.39, 0.29) is 22.8 Å². The molecule has 6 nitrogen and oxygen atoms in total. The van der Waals surface area contributed by atoms with E-state index in [0.29, 0.717) is 22.8 Å². The van der Waals surface area contributed by atoms with Crippen LogP contribution in [0.2, 0.25) is 0 Å². The highest BCUT2D eigenvalue weighted by Crippen LogP contribution is 2.37. The van der Waals surface area contributed by atoms with Crippen LogP contribution in [0.15, 0.2) is 23.1 Å². The van der Waals surface area contributed by atoms with Gasteiger partial charge in [0.15, 0.2) is 11.5 Å². The number of ether oxygens (including phenoxy) is 2. The summed E-state index contributed by atoms with van der Waals surface area (Å²) < 4.78 is 10.4. The van der Waals surface area contributed by atoms with Gasteiger partial charge in [-0.2, -0.15) is 0 Å². The average Bonchev–Trinajstić information content (AvgIpc) is 2.90. The summed E-state index contributed by atoms with van der Waals surface area (Å²) in [6.45, 7) is 1.31. The van der Waals surface area contributed by atoms with Crippen LogP contribution >= 0.6 is 23.5 Å². The molecule has 0 spiro atoms. The Morgan fingerprint density at radius 2 is 2.22 bits per heavy atom. The van der Waals surface area contributed by atoms with Crippen molar-refractivity contribution >= 4 is 40.5 Å². The summed E-state index contributed by atoms with van der Waals surface area (Å²) >= 11 is 2.51. The summed E-state index contributed by atoms with van der Waals surface area (Å²) in [4.78, 5) is 35.3. The molecule has 1 heterocycles. The molecule has 0 radical (unpaired) electrons. The van der Waals surface area contributed by atoms with Gasteiger partial charge in [-0.15, -0.1) is 11.8 Å². The van der Waals surface area contributed by atoms with Gasteiger partial charge in [0.05, 0.1) is 23.8 Å². The standard InChI is InChI=1S/C15H17NO5S2/c1-9(17)21-11-4-3-5-12(14(11)20-2)23-8-13(18)16-10-6-7-22-15(10)19/h3-5,10H,6-8H2,1-2H3,(H,16,18). The zero-order valence-corrected chi connectivity index (χ0v) is 14.4. The Morgan fingerprint density at radius 1 is 1.43 bits per heavy atom. The molecule has 1 atom stereocenters. The first-order valence-corrected chi connectivity index (χ1v) is 8.92. The lowest BCUT2D eigenvalue weighted by molar-refractivity contribution is -0.132. The first-order chi connectivity index (χ1) is 11.0. The minimum Gasteiger partial charge on any atom is -0.492 e. The van der Waals surface area contributed by atoms with E-state index < -0.39 is 5.97 Å². The first-order valence-electron chi connectivity index (χ1n) is 6.95. The molecule has 1 aromatic carbocycles. The number of nitrogens with one attached hydrogen (secondary N) is 1. The van der Waals surface area contributed by atoms with Crippen molar-refractivity contribution in [2.75, 3.05) is 18.6 Å². The van der Waals surface area contributed by atoms with Crippen molar-refractivity contribution in [2.24, 2.45) is 0 Å². The van der Waals surface area contributed by atoms with Gasteiger partial charge < -0.3 is 14.8 Å². The molecule has 1 unspecified atom stereocenters. The SMILES string of the molecule is COc1c(OC(C)=O)cccc1SCC(=O)NC1CCSC1=O. The fourth-order valence-electron chi connectivity index (χ4n) is 2.05. The smallest absolute Gasteiger partial charge is 0.308 e. The van der Waals surface area contributed by atoms with Gasteiger partial charge in [0.25, 0.3) is 0 Å². The molecule has 1 amide bonds. The van der Waals surface area contributed by atoms with Crippen LogP contribution in [-0.2, 0) is 14.4 Å². The summed E-state index contributed by atoms with van der Waals surface area (Å²) in [5.41, 5.74) is 0. The first kappa shape index (κ1) is 17.7. The van der Waals surface area contributed by atoms with Gasteiger partial charge in [0, 0.05) is 12.7 Å². The van der Waals surface area contributed by atoms with Crippen molar-refractivity contribution in [1.82, 2.24) is 5.32 Å². The summed E-state index contributed by atoms with van der Waals surface area (Å²) in [5, 5.41) is 2.74. The minimum atomic E-state index is -0.444. The molecule has 1 aliphatic heterocycles. The number of rotatable bonds is 6. The molecule has 23 heavy (non-hydrogen) atoms. The molecule has 1 N–H and O–H groups in total. The molecular formula is C15H17NO5S2. The molecule has 0 bridgehead atoms. The molecular weight excluding hydrogens is 338 g/mol. The van der Waals surface area contributed by atoms with Crippen LogP contribution in [0.1, 0.15) is 13.3 Å². The predicted octanol–water partition coefficient (Wildman–Crippen LogP) is 1.86. The van der Waals surface area contributed by atoms with Crippen molar-refractivity contribution in [2.45, 2.75) is 24.3 Å². The average molecular weight is 355 g/mol. The van der Waals surface area contributed by atoms with Crippen LogP contribution in [0.4, 0.5) is 0 Å². The lowest BCUT2D eigenvalue weighted by Gasteiger charge is -2.13. The Kier molecular flexibility index (Phi) is 6.35. The monoisotopic (exact) mass is 355 g/mol. The van der Waals surface area contributed by atoms with Crippen LogP contribution in [-0.4, -0.2) is 41.6 Å². The van der Waals surface area contributed by atoms with Crippen LogP contribution < -0.4 is 14.8 Å². The third-order valence-corrected chi connectivity index (χ3v) is 5.08. The number of carbonyl (C=O) groups excluding carboxylic acids is 3. The van der Waals surface area contributed by atoms with E-state index in [1.54, 1.807) is 18.2 Å². The molecule has 1 aromatic rings. The van der Waals surface area contributed by atoms with E-state index in [2.05, 4.69) is 5.32 Å². The normalized spacial score (nSPS) is 17.0. The highest BCUT2D eigenvalue weighted by Gasteiger charge is 2.26. The van der Waals surface area contributed by atoms with E-state index in [0.717, 1.165) is 5.75 Å². The van der Waals surface area contributed by atoms with Gasteiger partial charge in [0.2, 0.25) is 11.0 Å². The van der Waals surface area contributed by atoms with Gasteiger partial charge in [-0.1, -0.05) is 17.8 Å². The van der Waals surface area contributed by atoms with Crippen LogP contribution in [0.25, 0.3) is 0 Å². The number of methoxy groups -OCH3 is 1. The Morgan fingerprint density at radius 3 is 2.83 bits per heavy atom. The number of hydrogen-bond donors (Lipinski definition) is 1. The lowest BCUT2D eigenvalue weighted by atomic mass is 10.2. The maximum absolute atomic E-state index is 12.0. The quantitative estimate of drug-likeness (QED) is 0.474. The van der Waals surface area contributed by atoms with Crippen molar-refractivity contribution in [3.8, 4) is 11.5 Å². The van der Waals surface area contributed by atoms with Crippen molar-refractivity contribution < 1.29 is 23.9 Å². The minimum absolute atomic E-state index is 0.0118. The van der Waals surface area contributed by atoms with E-state index in [9.17, 15) is 14.4 Å². The number of carbonyl (C=O) groups is 3. The van der Waals surface area contributed by atoms with Crippen LogP contribution in [0, 0.1) is 0 Å². The molecule has 8 heteroatoms. The number of benzene rings is 1. The van der Waals surface area contributed by atoms with Gasteiger partial charge in [0.1, 0.15) is 0 Å². The van der Waals surface area contributed by atoms with Gasteiger partial charge >= 0.3 is 5.97 Å². The molecule has 0 aliphatic carbocycles. The third-order valence-electron chi connectivity index (χ3n) is 3.03.